The molecule has 4 N–H and O–H groups in total. The summed E-state index contributed by atoms with van der Waals surface area (Å²) in [6.45, 7) is 7.94. The summed E-state index contributed by atoms with van der Waals surface area (Å²) in [6.07, 6.45) is 0.734. The third kappa shape index (κ3) is 1.85. The Morgan fingerprint density at radius 3 is 2.50 bits per heavy atom. The van der Waals surface area contributed by atoms with Gasteiger partial charge < -0.3 is 20.9 Å². The molecule has 2 aliphatic rings. The van der Waals surface area contributed by atoms with Crippen LogP contribution in [0.4, 0.5) is 0 Å². The zero-order valence-corrected chi connectivity index (χ0v) is 12.5. The standard InChI is InChI=1S/C14H24N2O4/c1-7(2)9(11(17)18)16-12(19)14(15)8-5-6-20-10(8)13(14,3)4/h7-10H,5-6,15H2,1-4H3,(H,16,19)(H,17,18)/t8?,9-,10?,14?/m1/s1. The maximum atomic E-state index is 12.6. The summed E-state index contributed by atoms with van der Waals surface area (Å²) in [5.41, 5.74) is 4.83. The molecule has 0 aromatic carbocycles. The molecule has 114 valence electrons. The number of carboxylic acid groups (broad SMARTS) is 1. The molecule has 0 aromatic rings. The number of hydrogen-bond acceptors (Lipinski definition) is 4. The van der Waals surface area contributed by atoms with E-state index in [1.807, 2.05) is 13.8 Å². The van der Waals surface area contributed by atoms with Gasteiger partial charge in [0, 0.05) is 17.9 Å². The van der Waals surface area contributed by atoms with Gasteiger partial charge in [0.1, 0.15) is 11.6 Å². The lowest BCUT2D eigenvalue weighted by molar-refractivity contribution is -0.177. The van der Waals surface area contributed by atoms with Crippen LogP contribution in [0.3, 0.4) is 0 Å². The van der Waals surface area contributed by atoms with Gasteiger partial charge in [-0.25, -0.2) is 4.79 Å². The highest BCUT2D eigenvalue weighted by molar-refractivity contribution is 5.92. The van der Waals surface area contributed by atoms with Crippen LogP contribution in [0.1, 0.15) is 34.1 Å². The minimum Gasteiger partial charge on any atom is -0.480 e. The second-order valence-corrected chi connectivity index (χ2v) is 6.81. The van der Waals surface area contributed by atoms with Gasteiger partial charge in [-0.2, -0.15) is 0 Å². The fourth-order valence-electron chi connectivity index (χ4n) is 3.62. The number of nitrogens with one attached hydrogen (secondary N) is 1. The van der Waals surface area contributed by atoms with Gasteiger partial charge in [-0.15, -0.1) is 0 Å². The fraction of sp³-hybridized carbons (Fsp3) is 0.857. The molecule has 2 rings (SSSR count). The van der Waals surface area contributed by atoms with Crippen LogP contribution in [0.2, 0.25) is 0 Å². The Hall–Kier alpha value is -1.14. The van der Waals surface area contributed by atoms with Crippen molar-refractivity contribution >= 4 is 11.9 Å². The predicted octanol–water partition coefficient (Wildman–Crippen LogP) is 0.354. The van der Waals surface area contributed by atoms with Crippen molar-refractivity contribution in [1.29, 1.82) is 0 Å². The molecule has 1 aliphatic carbocycles. The average Bonchev–Trinajstić information content (AvgIpc) is 2.81. The lowest BCUT2D eigenvalue weighted by atomic mass is 9.48. The molecule has 0 radical (unpaired) electrons. The molecule has 2 fully saturated rings. The molecule has 0 spiro atoms. The van der Waals surface area contributed by atoms with Gasteiger partial charge in [0.25, 0.3) is 0 Å². The Labute approximate surface area is 119 Å². The van der Waals surface area contributed by atoms with Crippen LogP contribution in [0.15, 0.2) is 0 Å². The van der Waals surface area contributed by atoms with Crippen LogP contribution in [-0.2, 0) is 14.3 Å². The van der Waals surface area contributed by atoms with Crippen molar-refractivity contribution < 1.29 is 19.4 Å². The van der Waals surface area contributed by atoms with Gasteiger partial charge in [-0.3, -0.25) is 4.79 Å². The minimum atomic E-state index is -1.06. The third-order valence-corrected chi connectivity index (χ3v) is 5.05. The van der Waals surface area contributed by atoms with Crippen molar-refractivity contribution in [3.63, 3.8) is 0 Å². The molecule has 1 saturated heterocycles. The highest BCUT2D eigenvalue weighted by Gasteiger charge is 2.71. The SMILES string of the molecule is CC(C)[C@@H](NC(=O)C1(N)C2CCOC2C1(C)C)C(=O)O. The quantitative estimate of drug-likeness (QED) is 0.691. The number of carboxylic acids is 1. The summed E-state index contributed by atoms with van der Waals surface area (Å²) >= 11 is 0. The fourth-order valence-corrected chi connectivity index (χ4v) is 3.62. The van der Waals surface area contributed by atoms with E-state index in [0.29, 0.717) is 6.61 Å². The Bertz CT molecular complexity index is 435. The lowest BCUT2D eigenvalue weighted by Crippen LogP contribution is -2.80. The number of amides is 1. The van der Waals surface area contributed by atoms with Gasteiger partial charge >= 0.3 is 5.97 Å². The number of fused-ring (bicyclic) bond motifs is 1. The number of hydrogen-bond donors (Lipinski definition) is 3. The summed E-state index contributed by atoms with van der Waals surface area (Å²) in [6, 6.07) is -0.917. The topological polar surface area (TPSA) is 102 Å². The zero-order chi connectivity index (χ0) is 15.3. The van der Waals surface area contributed by atoms with Gasteiger partial charge in [0.2, 0.25) is 5.91 Å². The van der Waals surface area contributed by atoms with Crippen LogP contribution in [0.5, 0.6) is 0 Å². The van der Waals surface area contributed by atoms with Crippen molar-refractivity contribution in [2.24, 2.45) is 23.0 Å². The molecule has 0 bridgehead atoms. The molecule has 0 aromatic heterocycles. The van der Waals surface area contributed by atoms with Gasteiger partial charge in [-0.05, 0) is 12.3 Å². The van der Waals surface area contributed by atoms with E-state index >= 15 is 0 Å². The lowest BCUT2D eigenvalue weighted by Gasteiger charge is -2.60. The normalized spacial score (nSPS) is 36.1. The summed E-state index contributed by atoms with van der Waals surface area (Å²) in [4.78, 5) is 23.8. The predicted molar refractivity (Wildman–Crippen MR) is 73.0 cm³/mol. The van der Waals surface area contributed by atoms with Crippen molar-refractivity contribution in [2.45, 2.75) is 51.8 Å². The van der Waals surface area contributed by atoms with Gasteiger partial charge in [0.05, 0.1) is 6.10 Å². The highest BCUT2D eigenvalue weighted by Crippen LogP contribution is 2.58. The van der Waals surface area contributed by atoms with Crippen molar-refractivity contribution in [3.8, 4) is 0 Å². The molecule has 1 saturated carbocycles. The second-order valence-electron chi connectivity index (χ2n) is 6.81. The Balaban J connectivity index is 2.18. The number of rotatable bonds is 4. The molecule has 3 unspecified atom stereocenters. The molecular weight excluding hydrogens is 260 g/mol. The third-order valence-electron chi connectivity index (χ3n) is 5.05. The first-order valence-corrected chi connectivity index (χ1v) is 7.08. The monoisotopic (exact) mass is 284 g/mol. The Morgan fingerprint density at radius 2 is 2.00 bits per heavy atom. The number of ether oxygens (including phenoxy) is 1. The first-order valence-electron chi connectivity index (χ1n) is 7.08. The number of nitrogens with two attached hydrogens (primary N) is 1. The average molecular weight is 284 g/mol. The van der Waals surface area contributed by atoms with Gasteiger partial charge in [0.15, 0.2) is 0 Å². The van der Waals surface area contributed by atoms with E-state index in [1.165, 1.54) is 0 Å². The Morgan fingerprint density at radius 1 is 1.40 bits per heavy atom. The van der Waals surface area contributed by atoms with Crippen LogP contribution in [0.25, 0.3) is 0 Å². The molecule has 6 heteroatoms. The molecule has 20 heavy (non-hydrogen) atoms. The van der Waals surface area contributed by atoms with E-state index < -0.39 is 23.0 Å². The summed E-state index contributed by atoms with van der Waals surface area (Å²) in [5.74, 6) is -1.64. The smallest absolute Gasteiger partial charge is 0.326 e. The zero-order valence-electron chi connectivity index (χ0n) is 12.5. The van der Waals surface area contributed by atoms with E-state index in [2.05, 4.69) is 5.32 Å². The van der Waals surface area contributed by atoms with E-state index in [9.17, 15) is 14.7 Å². The van der Waals surface area contributed by atoms with Crippen LogP contribution < -0.4 is 11.1 Å². The number of carbonyl (C=O) groups is 2. The summed E-state index contributed by atoms with van der Waals surface area (Å²) in [5, 5.41) is 11.8. The number of carbonyl (C=O) groups excluding carboxylic acids is 1. The molecule has 1 amide bonds. The van der Waals surface area contributed by atoms with E-state index in [1.54, 1.807) is 13.8 Å². The second kappa shape index (κ2) is 4.70. The van der Waals surface area contributed by atoms with Crippen LogP contribution in [-0.4, -0.2) is 41.3 Å². The Kier molecular flexibility index (Phi) is 3.59. The molecule has 1 aliphatic heterocycles. The minimum absolute atomic E-state index is 0.0134. The van der Waals surface area contributed by atoms with Crippen molar-refractivity contribution in [2.75, 3.05) is 6.61 Å². The van der Waals surface area contributed by atoms with E-state index in [-0.39, 0.29) is 23.8 Å². The number of aliphatic carboxylic acids is 1. The molecular formula is C14H24N2O4. The molecule has 4 atom stereocenters. The van der Waals surface area contributed by atoms with Gasteiger partial charge in [-0.1, -0.05) is 27.7 Å². The largest absolute Gasteiger partial charge is 0.480 e. The first kappa shape index (κ1) is 15.3. The van der Waals surface area contributed by atoms with E-state index in [4.69, 9.17) is 10.5 Å². The van der Waals surface area contributed by atoms with E-state index in [0.717, 1.165) is 6.42 Å². The maximum Gasteiger partial charge on any atom is 0.326 e. The summed E-state index contributed by atoms with van der Waals surface area (Å²) in [7, 11) is 0. The maximum absolute atomic E-state index is 12.6. The van der Waals surface area contributed by atoms with Crippen molar-refractivity contribution in [3.05, 3.63) is 0 Å². The molecule has 6 nitrogen and oxygen atoms in total. The first-order chi connectivity index (χ1) is 9.14. The van der Waals surface area contributed by atoms with Crippen LogP contribution >= 0.6 is 0 Å². The van der Waals surface area contributed by atoms with Crippen molar-refractivity contribution in [1.82, 2.24) is 5.32 Å². The summed E-state index contributed by atoms with van der Waals surface area (Å²) < 4.78 is 5.64. The molecule has 1 heterocycles. The highest BCUT2D eigenvalue weighted by atomic mass is 16.5. The van der Waals surface area contributed by atoms with Crippen LogP contribution in [0, 0.1) is 17.3 Å².